The van der Waals surface area contributed by atoms with E-state index in [4.69, 9.17) is 15.3 Å². The Labute approximate surface area is 124 Å². The number of hydrogen-bond donors (Lipinski definition) is 2. The summed E-state index contributed by atoms with van der Waals surface area (Å²) in [6.07, 6.45) is 5.26. The van der Waals surface area contributed by atoms with Gasteiger partial charge in [-0.1, -0.05) is 6.07 Å². The highest BCUT2D eigenvalue weighted by Crippen LogP contribution is 2.28. The van der Waals surface area contributed by atoms with Crippen LogP contribution in [0.15, 0.2) is 30.6 Å². The lowest BCUT2D eigenvalue weighted by Crippen LogP contribution is -2.39. The molecular weight excluding hydrogens is 268 g/mol. The summed E-state index contributed by atoms with van der Waals surface area (Å²) in [5, 5.41) is 0. The van der Waals surface area contributed by atoms with Gasteiger partial charge in [0.05, 0.1) is 14.2 Å². The molecule has 0 fully saturated rings. The maximum Gasteiger partial charge on any atom is 0.160 e. The van der Waals surface area contributed by atoms with Crippen molar-refractivity contribution in [1.82, 2.24) is 15.0 Å². The molecule has 6 nitrogen and oxygen atoms in total. The number of imidazole rings is 1. The van der Waals surface area contributed by atoms with E-state index < -0.39 is 0 Å². The van der Waals surface area contributed by atoms with Crippen LogP contribution in [-0.2, 0) is 19.9 Å². The first kappa shape index (κ1) is 15.3. The fourth-order valence-corrected chi connectivity index (χ4v) is 2.30. The summed E-state index contributed by atoms with van der Waals surface area (Å²) in [5.74, 6) is 8.12. The summed E-state index contributed by atoms with van der Waals surface area (Å²) < 4.78 is 12.6. The van der Waals surface area contributed by atoms with E-state index in [1.54, 1.807) is 20.4 Å². The number of nitrogens with zero attached hydrogens (tertiary/aromatic N) is 2. The monoisotopic (exact) mass is 290 g/mol. The van der Waals surface area contributed by atoms with Crippen LogP contribution in [0.25, 0.3) is 0 Å². The number of rotatable bonds is 7. The molecule has 0 saturated heterocycles. The highest BCUT2D eigenvalue weighted by molar-refractivity contribution is 5.43. The molecule has 1 atom stereocenters. The number of benzene rings is 1. The number of aryl methyl sites for hydroxylation is 1. The molecule has 0 aliphatic carbocycles. The van der Waals surface area contributed by atoms with Crippen molar-refractivity contribution in [2.45, 2.75) is 18.9 Å². The first-order chi connectivity index (χ1) is 10.2. The van der Waals surface area contributed by atoms with Gasteiger partial charge in [-0.05, 0) is 24.1 Å². The summed E-state index contributed by atoms with van der Waals surface area (Å²) in [5.41, 5.74) is 3.99. The molecule has 0 amide bonds. The average molecular weight is 290 g/mol. The van der Waals surface area contributed by atoms with Crippen LogP contribution in [0.1, 0.15) is 11.4 Å². The second-order valence-electron chi connectivity index (χ2n) is 4.92. The molecule has 6 heteroatoms. The van der Waals surface area contributed by atoms with Gasteiger partial charge < -0.3 is 14.0 Å². The predicted molar refractivity (Wildman–Crippen MR) is 81.3 cm³/mol. The number of hydrogen-bond acceptors (Lipinski definition) is 5. The molecule has 1 aromatic carbocycles. The van der Waals surface area contributed by atoms with Gasteiger partial charge in [-0.25, -0.2) is 4.98 Å². The maximum atomic E-state index is 5.67. The van der Waals surface area contributed by atoms with Crippen LogP contribution >= 0.6 is 0 Å². The minimum Gasteiger partial charge on any atom is -0.493 e. The molecule has 1 aromatic heterocycles. The Morgan fingerprint density at radius 2 is 2.00 bits per heavy atom. The summed E-state index contributed by atoms with van der Waals surface area (Å²) in [6, 6.07) is 6.00. The zero-order valence-corrected chi connectivity index (χ0v) is 12.7. The third kappa shape index (κ3) is 3.74. The van der Waals surface area contributed by atoms with Gasteiger partial charge in [-0.2, -0.15) is 0 Å². The van der Waals surface area contributed by atoms with Crippen LogP contribution < -0.4 is 20.7 Å². The van der Waals surface area contributed by atoms with Crippen molar-refractivity contribution in [1.29, 1.82) is 0 Å². The molecule has 0 saturated carbocycles. The first-order valence-corrected chi connectivity index (χ1v) is 6.81. The number of nitrogens with one attached hydrogen (secondary N) is 1. The normalized spacial score (nSPS) is 12.2. The Balaban J connectivity index is 2.09. The van der Waals surface area contributed by atoms with E-state index in [1.165, 1.54) is 0 Å². The average Bonchev–Trinajstić information content (AvgIpc) is 2.91. The maximum absolute atomic E-state index is 5.67. The zero-order chi connectivity index (χ0) is 15.2. The SMILES string of the molecule is COc1ccc(CC(Cc2nccn2C)NN)cc1OC. The Kier molecular flexibility index (Phi) is 5.19. The molecule has 1 unspecified atom stereocenters. The van der Waals surface area contributed by atoms with Gasteiger partial charge in [0.25, 0.3) is 0 Å². The van der Waals surface area contributed by atoms with E-state index in [1.807, 2.05) is 36.0 Å². The van der Waals surface area contributed by atoms with E-state index in [2.05, 4.69) is 10.4 Å². The van der Waals surface area contributed by atoms with Gasteiger partial charge in [0.15, 0.2) is 11.5 Å². The first-order valence-electron chi connectivity index (χ1n) is 6.81. The molecule has 0 aliphatic rings. The van der Waals surface area contributed by atoms with Crippen LogP contribution in [0.3, 0.4) is 0 Å². The van der Waals surface area contributed by atoms with Crippen molar-refractivity contribution in [3.05, 3.63) is 42.0 Å². The minimum absolute atomic E-state index is 0.101. The Hall–Kier alpha value is -2.05. The van der Waals surface area contributed by atoms with Crippen molar-refractivity contribution < 1.29 is 9.47 Å². The molecule has 1 heterocycles. The van der Waals surface area contributed by atoms with Crippen LogP contribution in [0.2, 0.25) is 0 Å². The zero-order valence-electron chi connectivity index (χ0n) is 12.7. The number of methoxy groups -OCH3 is 2. The van der Waals surface area contributed by atoms with Gasteiger partial charge in [-0.3, -0.25) is 11.3 Å². The molecule has 2 rings (SSSR count). The number of ether oxygens (including phenoxy) is 2. The molecular formula is C15H22N4O2. The molecule has 0 spiro atoms. The van der Waals surface area contributed by atoms with Crippen molar-refractivity contribution in [3.63, 3.8) is 0 Å². The lowest BCUT2D eigenvalue weighted by atomic mass is 10.0. The fourth-order valence-electron chi connectivity index (χ4n) is 2.30. The van der Waals surface area contributed by atoms with Gasteiger partial charge >= 0.3 is 0 Å². The molecule has 21 heavy (non-hydrogen) atoms. The van der Waals surface area contributed by atoms with Crippen molar-refractivity contribution >= 4 is 0 Å². The van der Waals surface area contributed by atoms with E-state index >= 15 is 0 Å². The Bertz CT molecular complexity index is 583. The van der Waals surface area contributed by atoms with Gasteiger partial charge in [0.2, 0.25) is 0 Å². The molecule has 114 valence electrons. The van der Waals surface area contributed by atoms with E-state index in [-0.39, 0.29) is 6.04 Å². The minimum atomic E-state index is 0.101. The standard InChI is InChI=1S/C15H22N4O2/c1-19-7-6-17-15(19)10-12(18-16)8-11-4-5-13(20-2)14(9-11)21-3/h4-7,9,12,18H,8,10,16H2,1-3H3. The Morgan fingerprint density at radius 3 is 2.57 bits per heavy atom. The highest BCUT2D eigenvalue weighted by Gasteiger charge is 2.13. The number of nitrogens with two attached hydrogens (primary N) is 1. The van der Waals surface area contributed by atoms with Crippen LogP contribution in [-0.4, -0.2) is 29.8 Å². The van der Waals surface area contributed by atoms with Crippen molar-refractivity contribution in [3.8, 4) is 11.5 Å². The topological polar surface area (TPSA) is 74.3 Å². The summed E-state index contributed by atoms with van der Waals surface area (Å²) in [7, 11) is 5.24. The third-order valence-electron chi connectivity index (χ3n) is 3.52. The van der Waals surface area contributed by atoms with E-state index in [0.717, 1.165) is 35.7 Å². The lowest BCUT2D eigenvalue weighted by molar-refractivity contribution is 0.354. The molecule has 0 radical (unpaired) electrons. The van der Waals surface area contributed by atoms with Gasteiger partial charge in [0, 0.05) is 31.9 Å². The predicted octanol–water partition coefficient (Wildman–Crippen LogP) is 1.05. The largest absolute Gasteiger partial charge is 0.493 e. The fraction of sp³-hybridized carbons (Fsp3) is 0.400. The molecule has 0 aliphatic heterocycles. The lowest BCUT2D eigenvalue weighted by Gasteiger charge is -2.17. The van der Waals surface area contributed by atoms with Crippen molar-refractivity contribution in [2.75, 3.05) is 14.2 Å². The Morgan fingerprint density at radius 1 is 1.24 bits per heavy atom. The van der Waals surface area contributed by atoms with Gasteiger partial charge in [0.1, 0.15) is 5.82 Å². The molecule has 3 N–H and O–H groups in total. The molecule has 0 bridgehead atoms. The second kappa shape index (κ2) is 7.10. The van der Waals surface area contributed by atoms with Crippen molar-refractivity contribution in [2.24, 2.45) is 12.9 Å². The number of aromatic nitrogens is 2. The van der Waals surface area contributed by atoms with Crippen LogP contribution in [0.4, 0.5) is 0 Å². The second-order valence-corrected chi connectivity index (χ2v) is 4.92. The summed E-state index contributed by atoms with van der Waals surface area (Å²) >= 11 is 0. The quantitative estimate of drug-likeness (QED) is 0.589. The van der Waals surface area contributed by atoms with Crippen LogP contribution in [0, 0.1) is 0 Å². The number of hydrazine groups is 1. The van der Waals surface area contributed by atoms with Crippen LogP contribution in [0.5, 0.6) is 11.5 Å². The molecule has 2 aromatic rings. The summed E-state index contributed by atoms with van der Waals surface area (Å²) in [4.78, 5) is 4.33. The highest BCUT2D eigenvalue weighted by atomic mass is 16.5. The third-order valence-corrected chi connectivity index (χ3v) is 3.52. The summed E-state index contributed by atoms with van der Waals surface area (Å²) in [6.45, 7) is 0. The van der Waals surface area contributed by atoms with E-state index in [0.29, 0.717) is 0 Å². The van der Waals surface area contributed by atoms with Gasteiger partial charge in [-0.15, -0.1) is 0 Å². The van der Waals surface area contributed by atoms with E-state index in [9.17, 15) is 0 Å². The smallest absolute Gasteiger partial charge is 0.160 e.